The molecule has 0 N–H and O–H groups in total. The lowest BCUT2D eigenvalue weighted by Crippen LogP contribution is -2.49. The Bertz CT molecular complexity index is 1150. The number of rotatable bonds is 7. The number of alkyl halides is 6. The lowest BCUT2D eigenvalue weighted by molar-refractivity contribution is -0.210. The third-order valence-electron chi connectivity index (χ3n) is 9.14. The van der Waals surface area contributed by atoms with E-state index in [0.717, 1.165) is 56.6 Å². The van der Waals surface area contributed by atoms with E-state index in [1.807, 2.05) is 30.3 Å². The zero-order chi connectivity index (χ0) is 30.1. The lowest BCUT2D eigenvalue weighted by Gasteiger charge is -2.45. The van der Waals surface area contributed by atoms with Crippen molar-refractivity contribution in [1.29, 1.82) is 0 Å². The second kappa shape index (κ2) is 12.4. The van der Waals surface area contributed by atoms with E-state index >= 15 is 0 Å². The van der Waals surface area contributed by atoms with Crippen molar-refractivity contribution in [1.82, 2.24) is 4.90 Å². The van der Waals surface area contributed by atoms with Crippen LogP contribution in [0, 0.1) is 11.3 Å². The second-order valence-corrected chi connectivity index (χ2v) is 11.7. The van der Waals surface area contributed by atoms with Crippen LogP contribution in [0.3, 0.4) is 0 Å². The summed E-state index contributed by atoms with van der Waals surface area (Å²) in [5.74, 6) is -0.148. The number of likely N-dealkylation sites (tertiary alicyclic amines) is 1. The Morgan fingerprint density at radius 2 is 1.62 bits per heavy atom. The second-order valence-electron chi connectivity index (χ2n) is 11.7. The van der Waals surface area contributed by atoms with E-state index in [0.29, 0.717) is 19.8 Å². The van der Waals surface area contributed by atoms with Crippen molar-refractivity contribution in [3.8, 4) is 0 Å². The number of benzene rings is 2. The standard InChI is InChI=1S/C31H37F6NO4/c1-20(23-14-24(30(32,33)34)16-25(15-23)31(35,36)37)42-28-27(21-6-4-3-5-7-21)22(8-13-41-28)17-38-11-9-29(10-12-38)19-40-18-26(29)39-2/h3-7,14-16,20,22,26-28H,8-13,17-19H2,1-2H3/t20-,22?,26?,27-,28-/m1/s1. The Morgan fingerprint density at radius 3 is 2.21 bits per heavy atom. The Morgan fingerprint density at radius 1 is 0.976 bits per heavy atom. The molecule has 3 aliphatic rings. The summed E-state index contributed by atoms with van der Waals surface area (Å²) in [6.07, 6.45) is -9.04. The molecule has 3 fully saturated rings. The molecule has 11 heteroatoms. The minimum Gasteiger partial charge on any atom is -0.378 e. The van der Waals surface area contributed by atoms with E-state index < -0.39 is 35.9 Å². The fraction of sp³-hybridized carbons (Fsp3) is 0.613. The van der Waals surface area contributed by atoms with Crippen molar-refractivity contribution in [3.05, 3.63) is 70.8 Å². The summed E-state index contributed by atoms with van der Waals surface area (Å²) in [5, 5.41) is 0. The molecule has 0 saturated carbocycles. The molecule has 232 valence electrons. The highest BCUT2D eigenvalue weighted by Gasteiger charge is 2.47. The molecular formula is C31H37F6NO4. The molecule has 1 spiro atoms. The molecular weight excluding hydrogens is 564 g/mol. The van der Waals surface area contributed by atoms with Crippen LogP contribution >= 0.6 is 0 Å². The number of nitrogens with zero attached hydrogens (tertiary/aromatic N) is 1. The molecule has 42 heavy (non-hydrogen) atoms. The first kappa shape index (κ1) is 31.3. The highest BCUT2D eigenvalue weighted by Crippen LogP contribution is 2.44. The van der Waals surface area contributed by atoms with E-state index in [2.05, 4.69) is 4.90 Å². The first-order valence-corrected chi connectivity index (χ1v) is 14.3. The maximum atomic E-state index is 13.5. The van der Waals surface area contributed by atoms with E-state index in [-0.39, 0.29) is 35.0 Å². The minimum atomic E-state index is -4.93. The lowest BCUT2D eigenvalue weighted by atomic mass is 9.75. The van der Waals surface area contributed by atoms with Crippen LogP contribution < -0.4 is 0 Å². The predicted octanol–water partition coefficient (Wildman–Crippen LogP) is 7.08. The highest BCUT2D eigenvalue weighted by atomic mass is 19.4. The van der Waals surface area contributed by atoms with Crippen molar-refractivity contribution in [2.45, 2.75) is 63.0 Å². The molecule has 0 aliphatic carbocycles. The average Bonchev–Trinajstić information content (AvgIpc) is 3.35. The number of methoxy groups -OCH3 is 1. The topological polar surface area (TPSA) is 40.2 Å². The molecule has 5 atom stereocenters. The summed E-state index contributed by atoms with van der Waals surface area (Å²) in [7, 11) is 1.73. The summed E-state index contributed by atoms with van der Waals surface area (Å²) < 4.78 is 105. The minimum absolute atomic E-state index is 0.0288. The Labute approximate surface area is 242 Å². The zero-order valence-electron chi connectivity index (χ0n) is 23.7. The van der Waals surface area contributed by atoms with E-state index in [1.165, 1.54) is 6.92 Å². The molecule has 0 amide bonds. The highest BCUT2D eigenvalue weighted by molar-refractivity contribution is 5.35. The molecule has 0 bridgehead atoms. The van der Waals surface area contributed by atoms with Crippen LogP contribution in [-0.4, -0.2) is 63.9 Å². The van der Waals surface area contributed by atoms with Crippen LogP contribution in [-0.2, 0) is 31.3 Å². The molecule has 0 radical (unpaired) electrons. The van der Waals surface area contributed by atoms with Gasteiger partial charge in [-0.25, -0.2) is 0 Å². The van der Waals surface area contributed by atoms with Crippen LogP contribution in [0.15, 0.2) is 48.5 Å². The van der Waals surface area contributed by atoms with Crippen molar-refractivity contribution in [2.75, 3.05) is 46.6 Å². The van der Waals surface area contributed by atoms with Crippen LogP contribution in [0.5, 0.6) is 0 Å². The van der Waals surface area contributed by atoms with Gasteiger partial charge in [-0.1, -0.05) is 30.3 Å². The first-order valence-electron chi connectivity index (χ1n) is 14.3. The third-order valence-corrected chi connectivity index (χ3v) is 9.14. The van der Waals surface area contributed by atoms with Gasteiger partial charge in [0.1, 0.15) is 0 Å². The maximum Gasteiger partial charge on any atom is 0.416 e. The fourth-order valence-corrected chi connectivity index (χ4v) is 6.70. The Kier molecular flexibility index (Phi) is 9.25. The van der Waals surface area contributed by atoms with Gasteiger partial charge in [-0.05, 0) is 74.5 Å². The van der Waals surface area contributed by atoms with Gasteiger partial charge in [-0.3, -0.25) is 0 Å². The van der Waals surface area contributed by atoms with E-state index in [1.54, 1.807) is 7.11 Å². The van der Waals surface area contributed by atoms with Gasteiger partial charge in [0.05, 0.1) is 43.2 Å². The van der Waals surface area contributed by atoms with Gasteiger partial charge >= 0.3 is 12.4 Å². The number of hydrogen-bond donors (Lipinski definition) is 0. The summed E-state index contributed by atoms with van der Waals surface area (Å²) in [5.41, 5.74) is -1.95. The quantitative estimate of drug-likeness (QED) is 0.318. The Hall–Kier alpha value is -2.18. The summed E-state index contributed by atoms with van der Waals surface area (Å²) in [6, 6.07) is 11.2. The SMILES string of the molecule is COC1COCC12CCN(CC1CCO[C@H](O[C@H](C)c3cc(C(F)(F)F)cc(C(F)(F)F)c3)[C@@H]1c1ccccc1)CC2. The van der Waals surface area contributed by atoms with E-state index in [4.69, 9.17) is 18.9 Å². The molecule has 2 aromatic carbocycles. The number of hydrogen-bond acceptors (Lipinski definition) is 5. The number of piperidine rings is 1. The number of halogens is 6. The van der Waals surface area contributed by atoms with Crippen molar-refractivity contribution in [3.63, 3.8) is 0 Å². The zero-order valence-corrected chi connectivity index (χ0v) is 23.7. The molecule has 2 aromatic rings. The first-order chi connectivity index (χ1) is 19.9. The average molecular weight is 602 g/mol. The van der Waals surface area contributed by atoms with Gasteiger partial charge in [0.25, 0.3) is 0 Å². The van der Waals surface area contributed by atoms with Gasteiger partial charge in [-0.15, -0.1) is 0 Å². The van der Waals surface area contributed by atoms with Crippen LogP contribution in [0.25, 0.3) is 0 Å². The molecule has 5 nitrogen and oxygen atoms in total. The molecule has 3 aliphatic heterocycles. The van der Waals surface area contributed by atoms with Gasteiger partial charge < -0.3 is 23.8 Å². The van der Waals surface area contributed by atoms with Crippen molar-refractivity contribution < 1.29 is 45.3 Å². The van der Waals surface area contributed by atoms with Gasteiger partial charge in [0.15, 0.2) is 6.29 Å². The van der Waals surface area contributed by atoms with E-state index in [9.17, 15) is 26.3 Å². The normalized spacial score (nSPS) is 27.8. The van der Waals surface area contributed by atoms with Crippen LogP contribution in [0.1, 0.15) is 60.5 Å². The Balaban J connectivity index is 1.35. The summed E-state index contributed by atoms with van der Waals surface area (Å²) >= 11 is 0. The van der Waals surface area contributed by atoms with Crippen LogP contribution in [0.4, 0.5) is 26.3 Å². The van der Waals surface area contributed by atoms with Crippen LogP contribution in [0.2, 0.25) is 0 Å². The summed E-state index contributed by atoms with van der Waals surface area (Å²) in [4.78, 5) is 2.42. The fourth-order valence-electron chi connectivity index (χ4n) is 6.70. The van der Waals surface area contributed by atoms with Crippen molar-refractivity contribution in [2.24, 2.45) is 11.3 Å². The van der Waals surface area contributed by atoms with Gasteiger partial charge in [-0.2, -0.15) is 26.3 Å². The van der Waals surface area contributed by atoms with Crippen molar-refractivity contribution >= 4 is 0 Å². The monoisotopic (exact) mass is 601 g/mol. The smallest absolute Gasteiger partial charge is 0.378 e. The molecule has 3 saturated heterocycles. The molecule has 3 heterocycles. The summed E-state index contributed by atoms with van der Waals surface area (Å²) in [6.45, 7) is 5.68. The maximum absolute atomic E-state index is 13.5. The van der Waals surface area contributed by atoms with Gasteiger partial charge in [0, 0.05) is 25.0 Å². The number of ether oxygens (including phenoxy) is 4. The molecule has 2 unspecified atom stereocenters. The molecule has 5 rings (SSSR count). The van der Waals surface area contributed by atoms with Gasteiger partial charge in [0.2, 0.25) is 0 Å². The predicted molar refractivity (Wildman–Crippen MR) is 143 cm³/mol. The third kappa shape index (κ3) is 6.80. The molecule has 0 aromatic heterocycles. The largest absolute Gasteiger partial charge is 0.416 e.